The van der Waals surface area contributed by atoms with Crippen molar-refractivity contribution in [3.63, 3.8) is 0 Å². The molecule has 2 nitrogen and oxygen atoms in total. The first-order valence-corrected chi connectivity index (χ1v) is 6.93. The Balaban J connectivity index is 3.94. The van der Waals surface area contributed by atoms with E-state index >= 15 is 0 Å². The zero-order chi connectivity index (χ0) is 11.1. The molecule has 0 aromatic rings. The minimum Gasteiger partial charge on any atom is -0.314 e. The number of hydrogen-bond donors (Lipinski definition) is 1. The molecule has 0 aliphatic carbocycles. The average molecular weight is 219 g/mol. The summed E-state index contributed by atoms with van der Waals surface area (Å²) in [6, 6.07) is 0.475. The number of rotatable bonds is 7. The first-order valence-electron chi connectivity index (χ1n) is 5.65. The van der Waals surface area contributed by atoms with Crippen molar-refractivity contribution in [3.05, 3.63) is 0 Å². The fourth-order valence-corrected chi connectivity index (χ4v) is 3.19. The lowest BCUT2D eigenvalue weighted by Gasteiger charge is -2.20. The quantitative estimate of drug-likeness (QED) is 0.712. The Morgan fingerprint density at radius 1 is 1.14 bits per heavy atom. The summed E-state index contributed by atoms with van der Waals surface area (Å²) in [4.78, 5) is 0. The summed E-state index contributed by atoms with van der Waals surface area (Å²) in [5, 5.41) is 3.99. The van der Waals surface area contributed by atoms with Gasteiger partial charge in [0.25, 0.3) is 0 Å². The summed E-state index contributed by atoms with van der Waals surface area (Å²) in [6.07, 6.45) is 2.01. The van der Waals surface area contributed by atoms with Crippen molar-refractivity contribution < 1.29 is 4.21 Å². The van der Waals surface area contributed by atoms with Crippen LogP contribution in [0.5, 0.6) is 0 Å². The highest BCUT2D eigenvalue weighted by Gasteiger charge is 2.18. The van der Waals surface area contributed by atoms with Gasteiger partial charge in [-0.15, -0.1) is 0 Å². The Morgan fingerprint density at radius 2 is 1.71 bits per heavy atom. The topological polar surface area (TPSA) is 29.1 Å². The van der Waals surface area contributed by atoms with Gasteiger partial charge in [0, 0.05) is 27.3 Å². The summed E-state index contributed by atoms with van der Waals surface area (Å²) in [5.41, 5.74) is 0. The van der Waals surface area contributed by atoms with E-state index in [1.165, 1.54) is 0 Å². The van der Waals surface area contributed by atoms with Gasteiger partial charge in [0.1, 0.15) is 0 Å². The second-order valence-electron chi connectivity index (χ2n) is 4.05. The highest BCUT2D eigenvalue weighted by Crippen LogP contribution is 2.12. The van der Waals surface area contributed by atoms with Crippen molar-refractivity contribution in [2.24, 2.45) is 0 Å². The summed E-state index contributed by atoms with van der Waals surface area (Å²) in [6.45, 7) is 11.5. The number of nitrogens with one attached hydrogen (secondary N) is 1. The maximum Gasteiger partial charge on any atom is 0.0337 e. The van der Waals surface area contributed by atoms with Gasteiger partial charge >= 0.3 is 0 Å². The molecule has 1 N–H and O–H groups in total. The van der Waals surface area contributed by atoms with Gasteiger partial charge < -0.3 is 5.32 Å². The lowest BCUT2D eigenvalue weighted by atomic mass is 10.2. The van der Waals surface area contributed by atoms with Crippen molar-refractivity contribution in [3.8, 4) is 0 Å². The molecular weight excluding hydrogens is 194 g/mol. The fraction of sp³-hybridized carbons (Fsp3) is 1.00. The standard InChI is InChI=1S/C11H25NOS/c1-6-10(4)14(13)11(5)8-9(3)12-7-2/h9-12H,6-8H2,1-5H3. The van der Waals surface area contributed by atoms with Crippen molar-refractivity contribution in [1.29, 1.82) is 0 Å². The first kappa shape index (κ1) is 14.1. The molecule has 0 aliphatic rings. The van der Waals surface area contributed by atoms with Gasteiger partial charge in [0.2, 0.25) is 0 Å². The second-order valence-corrected chi connectivity index (χ2v) is 6.32. The summed E-state index contributed by atoms with van der Waals surface area (Å²) in [7, 11) is -0.674. The lowest BCUT2D eigenvalue weighted by Crippen LogP contribution is -2.32. The van der Waals surface area contributed by atoms with E-state index in [-0.39, 0.29) is 0 Å². The predicted molar refractivity (Wildman–Crippen MR) is 65.1 cm³/mol. The Hall–Kier alpha value is 0.110. The molecule has 4 atom stereocenters. The Bertz CT molecular complexity index is 173. The molecule has 4 unspecified atom stereocenters. The average Bonchev–Trinajstić information content (AvgIpc) is 2.15. The van der Waals surface area contributed by atoms with E-state index in [2.05, 4.69) is 39.9 Å². The van der Waals surface area contributed by atoms with Crippen LogP contribution in [0.15, 0.2) is 0 Å². The molecule has 0 aromatic heterocycles. The van der Waals surface area contributed by atoms with Crippen molar-refractivity contribution in [2.45, 2.75) is 64.0 Å². The molecule has 0 amide bonds. The summed E-state index contributed by atoms with van der Waals surface area (Å²) < 4.78 is 11.9. The van der Waals surface area contributed by atoms with E-state index in [1.807, 2.05) is 0 Å². The van der Waals surface area contributed by atoms with E-state index in [0.717, 1.165) is 19.4 Å². The molecule has 86 valence electrons. The monoisotopic (exact) mass is 219 g/mol. The summed E-state index contributed by atoms with van der Waals surface area (Å²) in [5.74, 6) is 0. The minimum absolute atomic E-state index is 0.305. The molecule has 3 heteroatoms. The van der Waals surface area contributed by atoms with Gasteiger partial charge in [-0.25, -0.2) is 0 Å². The SMILES string of the molecule is CCNC(C)CC(C)S(=O)C(C)CC. The molecule has 0 rings (SSSR count). The van der Waals surface area contributed by atoms with Crippen molar-refractivity contribution >= 4 is 10.8 Å². The molecule has 0 spiro atoms. The third kappa shape index (κ3) is 5.11. The molecule has 0 bridgehead atoms. The third-order valence-corrected chi connectivity index (χ3v) is 4.72. The van der Waals surface area contributed by atoms with E-state index in [4.69, 9.17) is 0 Å². The molecule has 0 radical (unpaired) electrons. The van der Waals surface area contributed by atoms with Crippen LogP contribution in [-0.4, -0.2) is 27.3 Å². The number of hydrogen-bond acceptors (Lipinski definition) is 2. The summed E-state index contributed by atoms with van der Waals surface area (Å²) >= 11 is 0. The third-order valence-electron chi connectivity index (χ3n) is 2.61. The Kier molecular flexibility index (Phi) is 7.47. The van der Waals surface area contributed by atoms with Crippen molar-refractivity contribution in [2.75, 3.05) is 6.54 Å². The van der Waals surface area contributed by atoms with Crippen LogP contribution in [0, 0.1) is 0 Å². The van der Waals surface area contributed by atoms with Gasteiger partial charge in [-0.05, 0) is 26.3 Å². The normalized spacial score (nSPS) is 20.1. The van der Waals surface area contributed by atoms with Crippen LogP contribution in [0.3, 0.4) is 0 Å². The molecule has 0 heterocycles. The molecule has 0 fully saturated rings. The maximum absolute atomic E-state index is 11.9. The Morgan fingerprint density at radius 3 is 2.14 bits per heavy atom. The van der Waals surface area contributed by atoms with Crippen LogP contribution in [0.1, 0.15) is 47.5 Å². The zero-order valence-electron chi connectivity index (χ0n) is 10.2. The molecule has 0 saturated heterocycles. The van der Waals surface area contributed by atoms with Gasteiger partial charge in [-0.2, -0.15) is 0 Å². The van der Waals surface area contributed by atoms with Crippen LogP contribution in [0.25, 0.3) is 0 Å². The zero-order valence-corrected chi connectivity index (χ0v) is 11.0. The maximum atomic E-state index is 11.9. The van der Waals surface area contributed by atoms with Gasteiger partial charge in [-0.1, -0.05) is 27.7 Å². The van der Waals surface area contributed by atoms with Gasteiger partial charge in [0.05, 0.1) is 0 Å². The predicted octanol–water partition coefficient (Wildman–Crippen LogP) is 2.31. The van der Waals surface area contributed by atoms with E-state index in [9.17, 15) is 4.21 Å². The van der Waals surface area contributed by atoms with Crippen molar-refractivity contribution in [1.82, 2.24) is 5.32 Å². The minimum atomic E-state index is -0.674. The Labute approximate surface area is 91.3 Å². The highest BCUT2D eigenvalue weighted by atomic mass is 32.2. The molecule has 0 saturated carbocycles. The first-order chi connectivity index (χ1) is 6.52. The molecule has 0 aromatic carbocycles. The van der Waals surface area contributed by atoms with Gasteiger partial charge in [-0.3, -0.25) is 4.21 Å². The van der Waals surface area contributed by atoms with E-state index < -0.39 is 10.8 Å². The smallest absolute Gasteiger partial charge is 0.0337 e. The van der Waals surface area contributed by atoms with Gasteiger partial charge in [0.15, 0.2) is 0 Å². The fourth-order valence-electron chi connectivity index (χ4n) is 1.59. The van der Waals surface area contributed by atoms with Crippen LogP contribution >= 0.6 is 0 Å². The molecular formula is C11H25NOS. The lowest BCUT2D eigenvalue weighted by molar-refractivity contribution is 0.522. The van der Waals surface area contributed by atoms with Crippen LogP contribution in [0.2, 0.25) is 0 Å². The largest absolute Gasteiger partial charge is 0.314 e. The van der Waals surface area contributed by atoms with E-state index in [0.29, 0.717) is 16.5 Å². The second kappa shape index (κ2) is 7.41. The van der Waals surface area contributed by atoms with Crippen LogP contribution in [-0.2, 0) is 10.8 Å². The van der Waals surface area contributed by atoms with E-state index in [1.54, 1.807) is 0 Å². The molecule has 14 heavy (non-hydrogen) atoms. The van der Waals surface area contributed by atoms with Crippen LogP contribution < -0.4 is 5.32 Å². The molecule has 0 aliphatic heterocycles. The highest BCUT2D eigenvalue weighted by molar-refractivity contribution is 7.86. The van der Waals surface area contributed by atoms with Crippen LogP contribution in [0.4, 0.5) is 0 Å².